The normalized spacial score (nSPS) is 17.2. The molecular formula is C17H26BrN. The first kappa shape index (κ1) is 15.1. The minimum atomic E-state index is 0.394. The number of unbranched alkanes of at least 4 members (excludes halogenated alkanes) is 5. The Morgan fingerprint density at radius 2 is 1.74 bits per heavy atom. The Labute approximate surface area is 126 Å². The molecule has 1 aromatic carbocycles. The van der Waals surface area contributed by atoms with Crippen LogP contribution in [-0.2, 0) is 5.41 Å². The van der Waals surface area contributed by atoms with Gasteiger partial charge >= 0.3 is 0 Å². The van der Waals surface area contributed by atoms with Gasteiger partial charge in [-0.1, -0.05) is 79.6 Å². The Hall–Kier alpha value is -0.340. The Morgan fingerprint density at radius 3 is 2.37 bits per heavy atom. The average molecular weight is 324 g/mol. The molecule has 1 aromatic rings. The second-order valence-electron chi connectivity index (χ2n) is 5.88. The first-order valence-electron chi connectivity index (χ1n) is 7.74. The van der Waals surface area contributed by atoms with Crippen LogP contribution in [0.5, 0.6) is 0 Å². The van der Waals surface area contributed by atoms with E-state index in [0.29, 0.717) is 5.41 Å². The van der Waals surface area contributed by atoms with Crippen molar-refractivity contribution in [2.45, 2.75) is 57.3 Å². The molecule has 0 aromatic heterocycles. The summed E-state index contributed by atoms with van der Waals surface area (Å²) < 4.78 is 1.28. The molecule has 0 amide bonds. The van der Waals surface area contributed by atoms with E-state index in [9.17, 15) is 0 Å². The fraction of sp³-hybridized carbons (Fsp3) is 0.647. The van der Waals surface area contributed by atoms with E-state index >= 15 is 0 Å². The molecule has 0 radical (unpaired) electrons. The molecule has 0 spiro atoms. The van der Waals surface area contributed by atoms with E-state index in [-0.39, 0.29) is 0 Å². The zero-order valence-electron chi connectivity index (χ0n) is 12.1. The molecule has 19 heavy (non-hydrogen) atoms. The number of hydrogen-bond acceptors (Lipinski definition) is 1. The molecule has 0 aliphatic carbocycles. The highest BCUT2D eigenvalue weighted by molar-refractivity contribution is 9.10. The molecule has 2 rings (SSSR count). The minimum Gasteiger partial charge on any atom is -0.315 e. The van der Waals surface area contributed by atoms with Crippen LogP contribution < -0.4 is 5.32 Å². The highest BCUT2D eigenvalue weighted by Crippen LogP contribution is 2.38. The molecule has 1 nitrogen and oxygen atoms in total. The molecule has 0 unspecified atom stereocenters. The summed E-state index contributed by atoms with van der Waals surface area (Å²) >= 11 is 3.72. The molecule has 1 aliphatic heterocycles. The van der Waals surface area contributed by atoms with Crippen molar-refractivity contribution in [1.29, 1.82) is 0 Å². The zero-order valence-corrected chi connectivity index (χ0v) is 13.6. The van der Waals surface area contributed by atoms with Gasteiger partial charge in [0, 0.05) is 23.0 Å². The Morgan fingerprint density at radius 1 is 1.05 bits per heavy atom. The van der Waals surface area contributed by atoms with Crippen LogP contribution in [0.15, 0.2) is 28.7 Å². The molecule has 1 heterocycles. The van der Waals surface area contributed by atoms with E-state index in [4.69, 9.17) is 0 Å². The standard InChI is InChI=1S/C17H26BrN/c1-2-3-4-5-6-9-12-17(13-19-14-17)15-10-7-8-11-16(15)18/h7-8,10-11,19H,2-6,9,12-14H2,1H3. The predicted octanol–water partition coefficient (Wildman–Crippen LogP) is 5.04. The third kappa shape index (κ3) is 3.82. The second-order valence-corrected chi connectivity index (χ2v) is 6.74. The molecule has 1 saturated heterocycles. The summed E-state index contributed by atoms with van der Waals surface area (Å²) in [7, 11) is 0. The Bertz CT molecular complexity index is 385. The fourth-order valence-corrected chi connectivity index (χ4v) is 3.77. The lowest BCUT2D eigenvalue weighted by molar-refractivity contribution is 0.248. The van der Waals surface area contributed by atoms with Gasteiger partial charge in [0.15, 0.2) is 0 Å². The summed E-state index contributed by atoms with van der Waals surface area (Å²) in [5.41, 5.74) is 1.90. The zero-order chi connectivity index (χ0) is 13.6. The first-order chi connectivity index (χ1) is 9.28. The summed E-state index contributed by atoms with van der Waals surface area (Å²) in [6.07, 6.45) is 9.65. The number of hydrogen-bond donors (Lipinski definition) is 1. The SMILES string of the molecule is CCCCCCCCC1(c2ccccc2Br)CNC1. The highest BCUT2D eigenvalue weighted by atomic mass is 79.9. The molecule has 2 heteroatoms. The van der Waals surface area contributed by atoms with Gasteiger partial charge in [0.2, 0.25) is 0 Å². The van der Waals surface area contributed by atoms with Crippen LogP contribution in [0, 0.1) is 0 Å². The van der Waals surface area contributed by atoms with Gasteiger partial charge < -0.3 is 5.32 Å². The summed E-state index contributed by atoms with van der Waals surface area (Å²) in [6, 6.07) is 8.75. The van der Waals surface area contributed by atoms with Gasteiger partial charge in [0.05, 0.1) is 0 Å². The number of rotatable bonds is 8. The summed E-state index contributed by atoms with van der Waals surface area (Å²) in [5, 5.41) is 3.47. The third-order valence-corrected chi connectivity index (χ3v) is 5.07. The van der Waals surface area contributed by atoms with Gasteiger partial charge in [0.25, 0.3) is 0 Å². The van der Waals surface area contributed by atoms with Gasteiger partial charge in [-0.15, -0.1) is 0 Å². The average Bonchev–Trinajstić information content (AvgIpc) is 2.37. The van der Waals surface area contributed by atoms with Crippen molar-refractivity contribution >= 4 is 15.9 Å². The summed E-state index contributed by atoms with van der Waals surface area (Å²) in [5.74, 6) is 0. The van der Waals surface area contributed by atoms with Crippen LogP contribution in [0.4, 0.5) is 0 Å². The number of nitrogens with one attached hydrogen (secondary N) is 1. The monoisotopic (exact) mass is 323 g/mol. The maximum absolute atomic E-state index is 3.72. The Balaban J connectivity index is 1.84. The molecule has 0 saturated carbocycles. The number of benzene rings is 1. The summed E-state index contributed by atoms with van der Waals surface area (Å²) in [4.78, 5) is 0. The van der Waals surface area contributed by atoms with E-state index < -0.39 is 0 Å². The second kappa shape index (κ2) is 7.44. The van der Waals surface area contributed by atoms with Crippen molar-refractivity contribution in [1.82, 2.24) is 5.32 Å². The van der Waals surface area contributed by atoms with Crippen LogP contribution in [0.25, 0.3) is 0 Å². The predicted molar refractivity (Wildman–Crippen MR) is 86.7 cm³/mol. The quantitative estimate of drug-likeness (QED) is 0.661. The van der Waals surface area contributed by atoms with E-state index in [2.05, 4.69) is 52.4 Å². The lowest BCUT2D eigenvalue weighted by Gasteiger charge is -2.44. The molecule has 0 bridgehead atoms. The fourth-order valence-electron chi connectivity index (χ4n) is 3.06. The van der Waals surface area contributed by atoms with E-state index in [1.54, 1.807) is 0 Å². The topological polar surface area (TPSA) is 12.0 Å². The van der Waals surface area contributed by atoms with Crippen LogP contribution in [0.2, 0.25) is 0 Å². The van der Waals surface area contributed by atoms with Crippen molar-refractivity contribution in [3.8, 4) is 0 Å². The highest BCUT2D eigenvalue weighted by Gasteiger charge is 2.38. The van der Waals surface area contributed by atoms with E-state index in [1.807, 2.05) is 0 Å². The van der Waals surface area contributed by atoms with Gasteiger partial charge in [-0.3, -0.25) is 0 Å². The summed E-state index contributed by atoms with van der Waals surface area (Å²) in [6.45, 7) is 4.57. The minimum absolute atomic E-state index is 0.394. The van der Waals surface area contributed by atoms with Crippen LogP contribution in [0.1, 0.15) is 57.4 Å². The maximum Gasteiger partial charge on any atom is 0.0213 e. The lowest BCUT2D eigenvalue weighted by Crippen LogP contribution is -2.56. The van der Waals surface area contributed by atoms with Crippen LogP contribution in [0.3, 0.4) is 0 Å². The maximum atomic E-state index is 3.72. The van der Waals surface area contributed by atoms with Crippen molar-refractivity contribution in [2.24, 2.45) is 0 Å². The first-order valence-corrected chi connectivity index (χ1v) is 8.53. The Kier molecular flexibility index (Phi) is 5.90. The third-order valence-electron chi connectivity index (χ3n) is 4.38. The van der Waals surface area contributed by atoms with Gasteiger partial charge in [-0.2, -0.15) is 0 Å². The van der Waals surface area contributed by atoms with Crippen LogP contribution >= 0.6 is 15.9 Å². The molecule has 1 aliphatic rings. The molecule has 1 fully saturated rings. The van der Waals surface area contributed by atoms with Gasteiger partial charge in [-0.05, 0) is 18.1 Å². The number of halogens is 1. The molecule has 106 valence electrons. The van der Waals surface area contributed by atoms with E-state index in [1.165, 1.54) is 55.0 Å². The van der Waals surface area contributed by atoms with Crippen molar-refractivity contribution in [3.05, 3.63) is 34.3 Å². The van der Waals surface area contributed by atoms with Gasteiger partial charge in [-0.25, -0.2) is 0 Å². The largest absolute Gasteiger partial charge is 0.315 e. The molecule has 1 N–H and O–H groups in total. The molecule has 0 atom stereocenters. The van der Waals surface area contributed by atoms with Crippen molar-refractivity contribution in [3.63, 3.8) is 0 Å². The van der Waals surface area contributed by atoms with Crippen molar-refractivity contribution < 1.29 is 0 Å². The van der Waals surface area contributed by atoms with Crippen molar-refractivity contribution in [2.75, 3.05) is 13.1 Å². The van der Waals surface area contributed by atoms with Gasteiger partial charge in [0.1, 0.15) is 0 Å². The van der Waals surface area contributed by atoms with E-state index in [0.717, 1.165) is 13.1 Å². The molecular weight excluding hydrogens is 298 g/mol. The lowest BCUT2D eigenvalue weighted by atomic mass is 9.71. The van der Waals surface area contributed by atoms with Crippen LogP contribution in [-0.4, -0.2) is 13.1 Å². The smallest absolute Gasteiger partial charge is 0.0213 e.